The number of benzene rings is 1. The molecule has 0 fully saturated rings. The molecule has 2 N–H and O–H groups in total. The molecule has 4 rings (SSSR count). The molecule has 4 aromatic rings. The van der Waals surface area contributed by atoms with E-state index in [9.17, 15) is 18.0 Å². The quantitative estimate of drug-likeness (QED) is 0.518. The molecule has 0 saturated carbocycles. The van der Waals surface area contributed by atoms with Gasteiger partial charge < -0.3 is 0 Å². The van der Waals surface area contributed by atoms with Crippen LogP contribution in [-0.2, 0) is 23.6 Å². The SMILES string of the molecule is CCCn1c(=O)c2c(nc3n(-c4ccc(S(N)(=O)=O)cc4)c(C)cn23)n(C)c1=O. The number of nitrogens with two attached hydrogens (primary N) is 1. The minimum absolute atomic E-state index is 0.000399. The topological polar surface area (TPSA) is 126 Å². The molecule has 0 bridgehead atoms. The molecule has 29 heavy (non-hydrogen) atoms. The number of aromatic nitrogens is 5. The van der Waals surface area contributed by atoms with E-state index in [-0.39, 0.29) is 16.1 Å². The Kier molecular flexibility index (Phi) is 4.24. The van der Waals surface area contributed by atoms with Gasteiger partial charge in [0.25, 0.3) is 5.56 Å². The third-order valence-electron chi connectivity index (χ3n) is 4.90. The van der Waals surface area contributed by atoms with Crippen molar-refractivity contribution in [1.82, 2.24) is 23.1 Å². The molecule has 0 aliphatic carbocycles. The first-order chi connectivity index (χ1) is 13.6. The van der Waals surface area contributed by atoms with E-state index in [0.29, 0.717) is 29.9 Å². The summed E-state index contributed by atoms with van der Waals surface area (Å²) in [7, 11) is -2.22. The Morgan fingerprint density at radius 3 is 2.38 bits per heavy atom. The van der Waals surface area contributed by atoms with Gasteiger partial charge in [-0.2, -0.15) is 4.98 Å². The van der Waals surface area contributed by atoms with Gasteiger partial charge in [-0.15, -0.1) is 0 Å². The van der Waals surface area contributed by atoms with Crippen LogP contribution in [0.2, 0.25) is 0 Å². The number of fused-ring (bicyclic) bond motifs is 3. The molecule has 0 radical (unpaired) electrons. The molecular weight excluding hydrogens is 396 g/mol. The summed E-state index contributed by atoms with van der Waals surface area (Å²) in [5.74, 6) is 0.446. The molecule has 0 atom stereocenters. The maximum atomic E-state index is 13.0. The number of primary sulfonamides is 1. The summed E-state index contributed by atoms with van der Waals surface area (Å²) < 4.78 is 29.0. The zero-order valence-corrected chi connectivity index (χ0v) is 17.0. The van der Waals surface area contributed by atoms with E-state index in [4.69, 9.17) is 5.14 Å². The van der Waals surface area contributed by atoms with Crippen molar-refractivity contribution < 1.29 is 8.42 Å². The van der Waals surface area contributed by atoms with E-state index in [1.54, 1.807) is 34.3 Å². The molecule has 3 aromatic heterocycles. The van der Waals surface area contributed by atoms with Crippen LogP contribution in [0.3, 0.4) is 0 Å². The first-order valence-electron chi connectivity index (χ1n) is 8.98. The van der Waals surface area contributed by atoms with Crippen LogP contribution >= 0.6 is 0 Å². The number of rotatable bonds is 4. The van der Waals surface area contributed by atoms with Crippen LogP contribution in [0.1, 0.15) is 19.0 Å². The Morgan fingerprint density at radius 2 is 1.79 bits per heavy atom. The predicted molar refractivity (Wildman–Crippen MR) is 108 cm³/mol. The van der Waals surface area contributed by atoms with E-state index < -0.39 is 15.7 Å². The van der Waals surface area contributed by atoms with Gasteiger partial charge in [-0.05, 0) is 37.6 Å². The Labute approximate surface area is 165 Å². The molecule has 152 valence electrons. The highest BCUT2D eigenvalue weighted by Crippen LogP contribution is 2.22. The summed E-state index contributed by atoms with van der Waals surface area (Å²) in [6.45, 7) is 4.07. The molecule has 0 amide bonds. The Balaban J connectivity index is 2.04. The highest BCUT2D eigenvalue weighted by Gasteiger charge is 2.20. The second-order valence-electron chi connectivity index (χ2n) is 6.90. The van der Waals surface area contributed by atoms with Gasteiger partial charge in [-0.3, -0.25) is 22.9 Å². The Bertz CT molecular complexity index is 1490. The predicted octanol–water partition coefficient (Wildman–Crippen LogP) is 0.504. The average molecular weight is 416 g/mol. The van der Waals surface area contributed by atoms with E-state index in [1.807, 2.05) is 13.8 Å². The molecule has 1 aromatic carbocycles. The van der Waals surface area contributed by atoms with E-state index in [2.05, 4.69) is 4.98 Å². The van der Waals surface area contributed by atoms with Crippen molar-refractivity contribution in [1.29, 1.82) is 0 Å². The summed E-state index contributed by atoms with van der Waals surface area (Å²) in [4.78, 5) is 30.1. The first kappa shape index (κ1) is 19.2. The van der Waals surface area contributed by atoms with Gasteiger partial charge in [0, 0.05) is 31.2 Å². The fraction of sp³-hybridized carbons (Fsp3) is 0.278. The fourth-order valence-electron chi connectivity index (χ4n) is 3.54. The lowest BCUT2D eigenvalue weighted by Crippen LogP contribution is -2.39. The number of nitrogens with zero attached hydrogens (tertiary/aromatic N) is 5. The Hall–Kier alpha value is -3.18. The van der Waals surface area contributed by atoms with Crippen LogP contribution < -0.4 is 16.4 Å². The molecule has 3 heterocycles. The summed E-state index contributed by atoms with van der Waals surface area (Å²) in [5.41, 5.74) is 1.24. The standard InChI is InChI=1S/C18H20N6O4S/c1-4-9-22-16(25)14-15(21(3)18(22)26)20-17-23(14)10-11(2)24(17)12-5-7-13(8-6-12)29(19,27)28/h5-8,10H,4,9H2,1-3H3,(H2,19,27,28). The van der Waals surface area contributed by atoms with Crippen molar-refractivity contribution in [2.75, 3.05) is 0 Å². The van der Waals surface area contributed by atoms with E-state index >= 15 is 0 Å². The van der Waals surface area contributed by atoms with Crippen LogP contribution in [0.4, 0.5) is 0 Å². The Morgan fingerprint density at radius 1 is 1.14 bits per heavy atom. The van der Waals surface area contributed by atoms with Gasteiger partial charge in [-0.1, -0.05) is 6.92 Å². The smallest absolute Gasteiger partial charge is 0.283 e. The highest BCUT2D eigenvalue weighted by molar-refractivity contribution is 7.89. The second kappa shape index (κ2) is 6.42. The van der Waals surface area contributed by atoms with Gasteiger partial charge in [0.1, 0.15) is 0 Å². The third-order valence-corrected chi connectivity index (χ3v) is 5.83. The van der Waals surface area contributed by atoms with Crippen molar-refractivity contribution >= 4 is 27.0 Å². The van der Waals surface area contributed by atoms with Crippen molar-refractivity contribution in [3.05, 3.63) is 57.0 Å². The maximum Gasteiger partial charge on any atom is 0.332 e. The molecule has 0 unspecified atom stereocenters. The van der Waals surface area contributed by atoms with Gasteiger partial charge in [0.05, 0.1) is 4.90 Å². The van der Waals surface area contributed by atoms with Crippen molar-refractivity contribution in [3.63, 3.8) is 0 Å². The molecule has 0 saturated heterocycles. The van der Waals surface area contributed by atoms with Crippen molar-refractivity contribution in [2.24, 2.45) is 12.2 Å². The number of aryl methyl sites for hydroxylation is 2. The zero-order valence-electron chi connectivity index (χ0n) is 16.2. The molecule has 0 spiro atoms. The minimum atomic E-state index is -3.80. The van der Waals surface area contributed by atoms with E-state index in [1.165, 1.54) is 21.3 Å². The second-order valence-corrected chi connectivity index (χ2v) is 8.46. The van der Waals surface area contributed by atoms with Crippen molar-refractivity contribution in [3.8, 4) is 5.69 Å². The van der Waals surface area contributed by atoms with Crippen LogP contribution in [0.5, 0.6) is 0 Å². The van der Waals surface area contributed by atoms with Gasteiger partial charge >= 0.3 is 5.69 Å². The molecule has 0 aliphatic heterocycles. The molecule has 11 heteroatoms. The normalized spacial score (nSPS) is 12.3. The maximum absolute atomic E-state index is 13.0. The van der Waals surface area contributed by atoms with Crippen LogP contribution in [0.25, 0.3) is 22.6 Å². The van der Waals surface area contributed by atoms with Crippen LogP contribution in [-0.4, -0.2) is 31.5 Å². The molecular formula is C18H20N6O4S. The lowest BCUT2D eigenvalue weighted by Gasteiger charge is -2.07. The first-order valence-corrected chi connectivity index (χ1v) is 10.5. The summed E-state index contributed by atoms with van der Waals surface area (Å²) >= 11 is 0. The molecule has 0 aliphatic rings. The lowest BCUT2D eigenvalue weighted by molar-refractivity contribution is 0.592. The van der Waals surface area contributed by atoms with E-state index in [0.717, 1.165) is 5.69 Å². The zero-order chi connectivity index (χ0) is 21.1. The monoisotopic (exact) mass is 416 g/mol. The number of imidazole rings is 2. The lowest BCUT2D eigenvalue weighted by atomic mass is 10.3. The molecule has 10 nitrogen and oxygen atoms in total. The van der Waals surface area contributed by atoms with Gasteiger partial charge in [0.15, 0.2) is 11.2 Å². The van der Waals surface area contributed by atoms with Gasteiger partial charge in [0.2, 0.25) is 15.8 Å². The third kappa shape index (κ3) is 2.81. The van der Waals surface area contributed by atoms with Crippen LogP contribution in [0, 0.1) is 6.92 Å². The summed E-state index contributed by atoms with van der Waals surface area (Å²) in [6.07, 6.45) is 2.42. The highest BCUT2D eigenvalue weighted by atomic mass is 32.2. The van der Waals surface area contributed by atoms with Crippen molar-refractivity contribution in [2.45, 2.75) is 31.7 Å². The minimum Gasteiger partial charge on any atom is -0.283 e. The fourth-order valence-corrected chi connectivity index (χ4v) is 4.05. The average Bonchev–Trinajstić information content (AvgIpc) is 3.17. The number of hydrogen-bond donors (Lipinski definition) is 1. The summed E-state index contributed by atoms with van der Waals surface area (Å²) in [5, 5.41) is 5.16. The number of sulfonamides is 1. The largest absolute Gasteiger partial charge is 0.332 e. The van der Waals surface area contributed by atoms with Crippen LogP contribution in [0.15, 0.2) is 44.9 Å². The summed E-state index contributed by atoms with van der Waals surface area (Å²) in [6, 6.07) is 6.04. The number of hydrogen-bond acceptors (Lipinski definition) is 5. The van der Waals surface area contributed by atoms with Gasteiger partial charge in [-0.25, -0.2) is 18.4 Å².